The largest absolute Gasteiger partial charge is 0.299 e. The van der Waals surface area contributed by atoms with Crippen LogP contribution in [0.25, 0.3) is 0 Å². The van der Waals surface area contributed by atoms with Crippen molar-refractivity contribution in [3.8, 4) is 0 Å². The number of allylic oxidation sites excluding steroid dienone is 2. The molecule has 0 aromatic heterocycles. The maximum atomic E-state index is 11.4. The molecule has 1 aliphatic rings. The van der Waals surface area contributed by atoms with Gasteiger partial charge in [-0.15, -0.1) is 0 Å². The van der Waals surface area contributed by atoms with E-state index in [1.807, 2.05) is 0 Å². The molecule has 1 nitrogen and oxygen atoms in total. The Balaban J connectivity index is 2.41. The highest BCUT2D eigenvalue weighted by molar-refractivity contribution is 5.83. The topological polar surface area (TPSA) is 17.1 Å². The molecular formula is C12H20O. The van der Waals surface area contributed by atoms with Crippen molar-refractivity contribution in [2.45, 2.75) is 52.9 Å². The fourth-order valence-electron chi connectivity index (χ4n) is 2.02. The summed E-state index contributed by atoms with van der Waals surface area (Å²) in [6.07, 6.45) is 7.87. The van der Waals surface area contributed by atoms with E-state index in [4.69, 9.17) is 0 Å². The molecule has 0 N–H and O–H groups in total. The van der Waals surface area contributed by atoms with Gasteiger partial charge < -0.3 is 0 Å². The summed E-state index contributed by atoms with van der Waals surface area (Å²) in [5, 5.41) is 0. The zero-order chi connectivity index (χ0) is 9.90. The monoisotopic (exact) mass is 180 g/mol. The van der Waals surface area contributed by atoms with Gasteiger partial charge in [0.05, 0.1) is 0 Å². The van der Waals surface area contributed by atoms with Gasteiger partial charge in [-0.3, -0.25) is 4.79 Å². The minimum atomic E-state index is 0.0753. The first-order valence-electron chi connectivity index (χ1n) is 5.21. The molecule has 0 radical (unpaired) electrons. The molecule has 0 spiro atoms. The standard InChI is InChI=1S/C12H20O/c1-10(2)6-4-7-12(11(3)13)8-5-9-12/h6H,4-5,7-9H2,1-3H3. The smallest absolute Gasteiger partial charge is 0.135 e. The van der Waals surface area contributed by atoms with E-state index >= 15 is 0 Å². The van der Waals surface area contributed by atoms with Crippen LogP contribution in [0.2, 0.25) is 0 Å². The number of hydrogen-bond acceptors (Lipinski definition) is 1. The lowest BCUT2D eigenvalue weighted by molar-refractivity contribution is -0.131. The number of rotatable bonds is 4. The van der Waals surface area contributed by atoms with Crippen LogP contribution in [0.3, 0.4) is 0 Å². The lowest BCUT2D eigenvalue weighted by Crippen LogP contribution is -2.36. The Bertz CT molecular complexity index is 217. The Hall–Kier alpha value is -0.590. The van der Waals surface area contributed by atoms with E-state index in [1.54, 1.807) is 6.92 Å². The molecule has 0 atom stereocenters. The zero-order valence-corrected chi connectivity index (χ0v) is 9.02. The second kappa shape index (κ2) is 4.08. The molecule has 0 unspecified atom stereocenters. The highest BCUT2D eigenvalue weighted by Gasteiger charge is 2.40. The van der Waals surface area contributed by atoms with Gasteiger partial charge in [-0.05, 0) is 46.5 Å². The Morgan fingerprint density at radius 2 is 1.92 bits per heavy atom. The molecule has 0 aromatic carbocycles. The molecule has 0 bridgehead atoms. The molecule has 0 heterocycles. The molecule has 0 aliphatic heterocycles. The van der Waals surface area contributed by atoms with Gasteiger partial charge in [0, 0.05) is 5.41 Å². The lowest BCUT2D eigenvalue weighted by atomic mass is 9.64. The fourth-order valence-corrected chi connectivity index (χ4v) is 2.02. The predicted octanol–water partition coefficient (Wildman–Crippen LogP) is 3.49. The van der Waals surface area contributed by atoms with Gasteiger partial charge in [0.15, 0.2) is 0 Å². The first kappa shape index (κ1) is 10.5. The van der Waals surface area contributed by atoms with Crippen LogP contribution in [0.5, 0.6) is 0 Å². The van der Waals surface area contributed by atoms with E-state index in [0.717, 1.165) is 25.7 Å². The average Bonchev–Trinajstić information content (AvgIpc) is 1.93. The normalized spacial score (nSPS) is 19.0. The summed E-state index contributed by atoms with van der Waals surface area (Å²) < 4.78 is 0. The Morgan fingerprint density at radius 1 is 1.31 bits per heavy atom. The summed E-state index contributed by atoms with van der Waals surface area (Å²) in [7, 11) is 0. The van der Waals surface area contributed by atoms with Crippen molar-refractivity contribution in [1.29, 1.82) is 0 Å². The Morgan fingerprint density at radius 3 is 2.23 bits per heavy atom. The molecule has 13 heavy (non-hydrogen) atoms. The van der Waals surface area contributed by atoms with E-state index in [-0.39, 0.29) is 5.41 Å². The van der Waals surface area contributed by atoms with Gasteiger partial charge in [0.1, 0.15) is 5.78 Å². The van der Waals surface area contributed by atoms with Gasteiger partial charge in [0.25, 0.3) is 0 Å². The van der Waals surface area contributed by atoms with Gasteiger partial charge in [-0.25, -0.2) is 0 Å². The second-order valence-corrected chi connectivity index (χ2v) is 4.51. The highest BCUT2D eigenvalue weighted by atomic mass is 16.1. The van der Waals surface area contributed by atoms with Crippen LogP contribution in [0.4, 0.5) is 0 Å². The molecule has 1 fully saturated rings. The molecule has 1 aliphatic carbocycles. The lowest BCUT2D eigenvalue weighted by Gasteiger charge is -2.39. The van der Waals surface area contributed by atoms with Crippen molar-refractivity contribution < 1.29 is 4.79 Å². The Kier molecular flexibility index (Phi) is 3.29. The number of carbonyl (C=O) groups excluding carboxylic acids is 1. The highest BCUT2D eigenvalue weighted by Crippen LogP contribution is 2.45. The number of carbonyl (C=O) groups is 1. The van der Waals surface area contributed by atoms with Crippen molar-refractivity contribution in [3.63, 3.8) is 0 Å². The van der Waals surface area contributed by atoms with Gasteiger partial charge in [-0.2, -0.15) is 0 Å². The Labute approximate surface area is 81.2 Å². The fraction of sp³-hybridized carbons (Fsp3) is 0.750. The minimum absolute atomic E-state index is 0.0753. The molecule has 74 valence electrons. The van der Waals surface area contributed by atoms with Gasteiger partial charge in [0.2, 0.25) is 0 Å². The minimum Gasteiger partial charge on any atom is -0.299 e. The first-order valence-corrected chi connectivity index (χ1v) is 5.21. The van der Waals surface area contributed by atoms with Gasteiger partial charge in [-0.1, -0.05) is 18.1 Å². The summed E-state index contributed by atoms with van der Waals surface area (Å²) in [6, 6.07) is 0. The summed E-state index contributed by atoms with van der Waals surface area (Å²) in [6.45, 7) is 5.98. The van der Waals surface area contributed by atoms with Crippen molar-refractivity contribution in [2.24, 2.45) is 5.41 Å². The van der Waals surface area contributed by atoms with E-state index in [2.05, 4.69) is 19.9 Å². The van der Waals surface area contributed by atoms with E-state index in [9.17, 15) is 4.79 Å². The van der Waals surface area contributed by atoms with Crippen LogP contribution in [0.1, 0.15) is 52.9 Å². The summed E-state index contributed by atoms with van der Waals surface area (Å²) in [5.74, 6) is 0.404. The van der Waals surface area contributed by atoms with E-state index < -0.39 is 0 Å². The van der Waals surface area contributed by atoms with Crippen LogP contribution in [0, 0.1) is 5.41 Å². The molecule has 0 saturated heterocycles. The van der Waals surface area contributed by atoms with Crippen molar-refractivity contribution in [3.05, 3.63) is 11.6 Å². The zero-order valence-electron chi connectivity index (χ0n) is 9.02. The van der Waals surface area contributed by atoms with Crippen LogP contribution in [-0.2, 0) is 4.79 Å². The van der Waals surface area contributed by atoms with Gasteiger partial charge >= 0.3 is 0 Å². The van der Waals surface area contributed by atoms with Crippen LogP contribution in [0.15, 0.2) is 11.6 Å². The van der Waals surface area contributed by atoms with Crippen molar-refractivity contribution >= 4 is 5.78 Å². The quantitative estimate of drug-likeness (QED) is 0.605. The molecule has 0 aromatic rings. The van der Waals surface area contributed by atoms with Crippen LogP contribution in [-0.4, -0.2) is 5.78 Å². The third-order valence-electron chi connectivity index (χ3n) is 3.23. The number of hydrogen-bond donors (Lipinski definition) is 0. The van der Waals surface area contributed by atoms with E-state index in [0.29, 0.717) is 5.78 Å². The number of Topliss-reactive ketones (excluding diaryl/α,β-unsaturated/α-hetero) is 1. The average molecular weight is 180 g/mol. The van der Waals surface area contributed by atoms with E-state index in [1.165, 1.54) is 12.0 Å². The molecular weight excluding hydrogens is 160 g/mol. The van der Waals surface area contributed by atoms with Crippen LogP contribution < -0.4 is 0 Å². The summed E-state index contributed by atoms with van der Waals surface area (Å²) in [5.41, 5.74) is 1.43. The molecule has 1 saturated carbocycles. The maximum Gasteiger partial charge on any atom is 0.135 e. The van der Waals surface area contributed by atoms with Crippen molar-refractivity contribution in [1.82, 2.24) is 0 Å². The maximum absolute atomic E-state index is 11.4. The number of ketones is 1. The second-order valence-electron chi connectivity index (χ2n) is 4.51. The molecule has 0 amide bonds. The summed E-state index contributed by atoms with van der Waals surface area (Å²) in [4.78, 5) is 11.4. The third-order valence-corrected chi connectivity index (χ3v) is 3.23. The predicted molar refractivity (Wildman–Crippen MR) is 55.6 cm³/mol. The first-order chi connectivity index (χ1) is 6.07. The summed E-state index contributed by atoms with van der Waals surface area (Å²) >= 11 is 0. The third kappa shape index (κ3) is 2.43. The SMILES string of the molecule is CC(=O)C1(CCC=C(C)C)CCC1. The molecule has 1 heteroatoms. The van der Waals surface area contributed by atoms with Crippen molar-refractivity contribution in [2.75, 3.05) is 0 Å². The molecule has 1 rings (SSSR count). The van der Waals surface area contributed by atoms with Crippen LogP contribution >= 0.6 is 0 Å².